The first kappa shape index (κ1) is 23.1. The molecule has 172 valence electrons. The van der Waals surface area contributed by atoms with Crippen molar-refractivity contribution in [2.24, 2.45) is 4.99 Å². The van der Waals surface area contributed by atoms with E-state index in [0.717, 1.165) is 57.9 Å². The van der Waals surface area contributed by atoms with E-state index in [2.05, 4.69) is 53.4 Å². The molecule has 4 rings (SSSR count). The van der Waals surface area contributed by atoms with Crippen molar-refractivity contribution in [1.29, 1.82) is 0 Å². The standard InChI is InChI=1S/C24H28N6O2S/c1-5-28(6-2)16(4)24-27-26-21-15-25-22(17-10-8-11-18(14-17)30(31)32)19-12-9-13-20(33-7-3)23(19)29(21)24/h8-14,16H,5-7,15H2,1-4H3. The van der Waals surface area contributed by atoms with Crippen LogP contribution in [0.5, 0.6) is 0 Å². The Labute approximate surface area is 197 Å². The summed E-state index contributed by atoms with van der Waals surface area (Å²) >= 11 is 1.76. The van der Waals surface area contributed by atoms with E-state index < -0.39 is 0 Å². The fourth-order valence-electron chi connectivity index (χ4n) is 4.35. The van der Waals surface area contributed by atoms with Crippen LogP contribution in [0.15, 0.2) is 52.4 Å². The Morgan fingerprint density at radius 2 is 1.91 bits per heavy atom. The minimum absolute atomic E-state index is 0.0512. The highest BCUT2D eigenvalue weighted by Crippen LogP contribution is 2.36. The summed E-state index contributed by atoms with van der Waals surface area (Å²) in [6.45, 7) is 10.8. The minimum atomic E-state index is -0.371. The zero-order valence-electron chi connectivity index (χ0n) is 19.4. The van der Waals surface area contributed by atoms with Crippen LogP contribution < -0.4 is 0 Å². The number of aliphatic imine (C=N–C) groups is 1. The van der Waals surface area contributed by atoms with E-state index >= 15 is 0 Å². The molecule has 3 aromatic rings. The predicted molar refractivity (Wildman–Crippen MR) is 132 cm³/mol. The van der Waals surface area contributed by atoms with Crippen LogP contribution in [0.2, 0.25) is 0 Å². The summed E-state index contributed by atoms with van der Waals surface area (Å²) in [5.74, 6) is 2.57. The lowest BCUT2D eigenvalue weighted by atomic mass is 10.00. The van der Waals surface area contributed by atoms with Gasteiger partial charge >= 0.3 is 0 Å². The second kappa shape index (κ2) is 9.84. The summed E-state index contributed by atoms with van der Waals surface area (Å²) in [6, 6.07) is 12.9. The highest BCUT2D eigenvalue weighted by molar-refractivity contribution is 7.99. The van der Waals surface area contributed by atoms with Crippen molar-refractivity contribution in [2.45, 2.75) is 45.2 Å². The molecule has 1 atom stereocenters. The lowest BCUT2D eigenvalue weighted by Gasteiger charge is -2.27. The van der Waals surface area contributed by atoms with Crippen LogP contribution in [-0.2, 0) is 6.54 Å². The largest absolute Gasteiger partial charge is 0.294 e. The molecule has 1 aliphatic heterocycles. The van der Waals surface area contributed by atoms with Crippen molar-refractivity contribution in [3.63, 3.8) is 0 Å². The second-order valence-corrected chi connectivity index (χ2v) is 9.07. The van der Waals surface area contributed by atoms with E-state index in [0.29, 0.717) is 6.54 Å². The third kappa shape index (κ3) is 4.30. The molecule has 0 amide bonds. The van der Waals surface area contributed by atoms with Gasteiger partial charge in [0.15, 0.2) is 11.6 Å². The van der Waals surface area contributed by atoms with Gasteiger partial charge in [-0.05, 0) is 31.8 Å². The van der Waals surface area contributed by atoms with Crippen molar-refractivity contribution in [1.82, 2.24) is 19.7 Å². The van der Waals surface area contributed by atoms with Gasteiger partial charge in [0.2, 0.25) is 0 Å². The number of non-ortho nitro benzene ring substituents is 1. The Morgan fingerprint density at radius 1 is 1.15 bits per heavy atom. The maximum Gasteiger partial charge on any atom is 0.270 e. The molecular weight excluding hydrogens is 436 g/mol. The smallest absolute Gasteiger partial charge is 0.270 e. The van der Waals surface area contributed by atoms with Gasteiger partial charge in [0.1, 0.15) is 6.54 Å². The van der Waals surface area contributed by atoms with Crippen LogP contribution in [0.4, 0.5) is 5.69 Å². The lowest BCUT2D eigenvalue weighted by Crippen LogP contribution is -2.29. The Kier molecular flexibility index (Phi) is 6.90. The molecule has 0 bridgehead atoms. The Hall–Kier alpha value is -3.04. The van der Waals surface area contributed by atoms with Crippen molar-refractivity contribution < 1.29 is 4.92 Å². The molecule has 1 unspecified atom stereocenters. The van der Waals surface area contributed by atoms with Crippen molar-refractivity contribution in [2.75, 3.05) is 18.8 Å². The third-order valence-electron chi connectivity index (χ3n) is 5.98. The zero-order valence-corrected chi connectivity index (χ0v) is 20.2. The second-order valence-electron chi connectivity index (χ2n) is 7.76. The van der Waals surface area contributed by atoms with Gasteiger partial charge in [-0.25, -0.2) is 0 Å². The summed E-state index contributed by atoms with van der Waals surface area (Å²) in [4.78, 5) is 19.4. The van der Waals surface area contributed by atoms with Gasteiger partial charge in [-0.3, -0.25) is 24.6 Å². The van der Waals surface area contributed by atoms with E-state index in [4.69, 9.17) is 4.99 Å². The molecule has 9 heteroatoms. The van der Waals surface area contributed by atoms with Gasteiger partial charge < -0.3 is 0 Å². The fraction of sp³-hybridized carbons (Fsp3) is 0.375. The maximum atomic E-state index is 11.4. The number of nitro groups is 1. The first-order valence-corrected chi connectivity index (χ1v) is 12.2. The number of fused-ring (bicyclic) bond motifs is 3. The van der Waals surface area contributed by atoms with Crippen molar-refractivity contribution >= 4 is 23.2 Å². The summed E-state index contributed by atoms with van der Waals surface area (Å²) in [6.07, 6.45) is 0. The van der Waals surface area contributed by atoms with Gasteiger partial charge in [-0.15, -0.1) is 22.0 Å². The van der Waals surface area contributed by atoms with Crippen molar-refractivity contribution in [3.05, 3.63) is 75.4 Å². The maximum absolute atomic E-state index is 11.4. The first-order valence-electron chi connectivity index (χ1n) is 11.2. The average molecular weight is 465 g/mol. The lowest BCUT2D eigenvalue weighted by molar-refractivity contribution is -0.384. The molecule has 33 heavy (non-hydrogen) atoms. The van der Waals surface area contributed by atoms with E-state index in [1.165, 1.54) is 6.07 Å². The first-order chi connectivity index (χ1) is 16.0. The molecule has 0 saturated heterocycles. The number of aromatic nitrogens is 3. The molecule has 0 saturated carbocycles. The number of benzene rings is 2. The monoisotopic (exact) mass is 464 g/mol. The Bertz CT molecular complexity index is 1200. The Morgan fingerprint density at radius 3 is 2.61 bits per heavy atom. The van der Waals surface area contributed by atoms with Crippen LogP contribution in [0, 0.1) is 10.1 Å². The number of thioether (sulfide) groups is 1. The highest BCUT2D eigenvalue weighted by Gasteiger charge is 2.29. The third-order valence-corrected chi connectivity index (χ3v) is 6.90. The minimum Gasteiger partial charge on any atom is -0.294 e. The molecule has 1 aromatic heterocycles. The zero-order chi connectivity index (χ0) is 23.5. The predicted octanol–water partition coefficient (Wildman–Crippen LogP) is 5.04. The molecule has 1 aliphatic rings. The van der Waals surface area contributed by atoms with Gasteiger partial charge in [-0.2, -0.15) is 0 Å². The van der Waals surface area contributed by atoms with Gasteiger partial charge in [0, 0.05) is 28.2 Å². The number of nitrogens with zero attached hydrogens (tertiary/aromatic N) is 6. The number of para-hydroxylation sites is 1. The molecule has 2 heterocycles. The van der Waals surface area contributed by atoms with E-state index in [-0.39, 0.29) is 16.7 Å². The van der Waals surface area contributed by atoms with Crippen LogP contribution in [0.3, 0.4) is 0 Å². The summed E-state index contributed by atoms with van der Waals surface area (Å²) in [5.41, 5.74) is 3.44. The van der Waals surface area contributed by atoms with Crippen LogP contribution in [0.25, 0.3) is 5.69 Å². The van der Waals surface area contributed by atoms with Crippen LogP contribution in [0.1, 0.15) is 56.5 Å². The van der Waals surface area contributed by atoms with Gasteiger partial charge in [0.25, 0.3) is 5.69 Å². The fourth-order valence-corrected chi connectivity index (χ4v) is 5.17. The van der Waals surface area contributed by atoms with Gasteiger partial charge in [0.05, 0.1) is 22.4 Å². The van der Waals surface area contributed by atoms with E-state index in [1.807, 2.05) is 18.2 Å². The number of rotatable bonds is 8. The SMILES string of the molecule is CCSc1cccc2c1-n1c(nnc1C(C)N(CC)CC)CN=C2c1cccc([N+](=O)[O-])c1. The normalized spacial score (nSPS) is 13.8. The molecule has 0 aliphatic carbocycles. The number of hydrogen-bond donors (Lipinski definition) is 0. The average Bonchev–Trinajstić information content (AvgIpc) is 3.16. The summed E-state index contributed by atoms with van der Waals surface area (Å²) in [7, 11) is 0. The van der Waals surface area contributed by atoms with Gasteiger partial charge in [-0.1, -0.05) is 45.0 Å². The molecule has 0 radical (unpaired) electrons. The Balaban J connectivity index is 1.95. The molecular formula is C24H28N6O2S. The van der Waals surface area contributed by atoms with E-state index in [9.17, 15) is 10.1 Å². The summed E-state index contributed by atoms with van der Waals surface area (Å²) in [5, 5.41) is 20.5. The van der Waals surface area contributed by atoms with Crippen molar-refractivity contribution in [3.8, 4) is 5.69 Å². The topological polar surface area (TPSA) is 89.5 Å². The molecule has 8 nitrogen and oxygen atoms in total. The number of hydrogen-bond acceptors (Lipinski definition) is 7. The molecule has 0 fully saturated rings. The molecule has 2 aromatic carbocycles. The highest BCUT2D eigenvalue weighted by atomic mass is 32.2. The molecule has 0 spiro atoms. The van der Waals surface area contributed by atoms with Crippen LogP contribution >= 0.6 is 11.8 Å². The van der Waals surface area contributed by atoms with Crippen LogP contribution in [-0.4, -0.2) is 49.1 Å². The summed E-state index contributed by atoms with van der Waals surface area (Å²) < 4.78 is 2.16. The quantitative estimate of drug-likeness (QED) is 0.264. The van der Waals surface area contributed by atoms with E-state index in [1.54, 1.807) is 23.9 Å². The number of nitro benzene ring substituents is 1. The molecule has 0 N–H and O–H groups in total.